The highest BCUT2D eigenvalue weighted by molar-refractivity contribution is 8.00. The maximum absolute atomic E-state index is 13.2. The second kappa shape index (κ2) is 8.63. The van der Waals surface area contributed by atoms with Crippen molar-refractivity contribution in [2.24, 2.45) is 0 Å². The largest absolute Gasteiger partial charge is 0.311 e. The fourth-order valence-corrected chi connectivity index (χ4v) is 5.46. The van der Waals surface area contributed by atoms with E-state index in [4.69, 9.17) is 0 Å². The molecular weight excluding hydrogens is 400 g/mol. The standard InChI is InChI=1S/C22H24N4OS2/c1-15-8-4-5-9-18(15)26-17(3)23-24-22(26)28-14-21(27)25-13-12-16(2)29-20-11-7-6-10-19(20)25/h4-11,16H,12-14H2,1-3H3. The first-order valence-electron chi connectivity index (χ1n) is 9.71. The normalized spacial score (nSPS) is 16.4. The molecule has 0 spiro atoms. The first kappa shape index (κ1) is 20.0. The monoisotopic (exact) mass is 424 g/mol. The first-order chi connectivity index (χ1) is 14.0. The number of para-hydroxylation sites is 2. The Kier molecular flexibility index (Phi) is 5.96. The van der Waals surface area contributed by atoms with E-state index in [1.54, 1.807) is 0 Å². The highest BCUT2D eigenvalue weighted by atomic mass is 32.2. The minimum atomic E-state index is 0.106. The zero-order valence-corrected chi connectivity index (χ0v) is 18.5. The fraction of sp³-hybridized carbons (Fsp3) is 0.318. The molecule has 0 fully saturated rings. The molecule has 7 heteroatoms. The first-order valence-corrected chi connectivity index (χ1v) is 11.6. The molecule has 3 aromatic rings. The van der Waals surface area contributed by atoms with Crippen molar-refractivity contribution in [3.8, 4) is 5.69 Å². The van der Waals surface area contributed by atoms with Crippen molar-refractivity contribution >= 4 is 35.1 Å². The van der Waals surface area contributed by atoms with Crippen molar-refractivity contribution in [2.75, 3.05) is 17.2 Å². The Hall–Kier alpha value is -2.25. The van der Waals surface area contributed by atoms with Gasteiger partial charge in [0.25, 0.3) is 0 Å². The molecule has 29 heavy (non-hydrogen) atoms. The Bertz CT molecular complexity index is 1030. The number of hydrogen-bond donors (Lipinski definition) is 0. The lowest BCUT2D eigenvalue weighted by Gasteiger charge is -2.22. The summed E-state index contributed by atoms with van der Waals surface area (Å²) in [6.45, 7) is 6.97. The van der Waals surface area contributed by atoms with E-state index in [0.717, 1.165) is 40.9 Å². The van der Waals surface area contributed by atoms with E-state index in [1.165, 1.54) is 16.7 Å². The molecule has 4 rings (SSSR count). The smallest absolute Gasteiger partial charge is 0.237 e. The summed E-state index contributed by atoms with van der Waals surface area (Å²) in [4.78, 5) is 16.3. The number of anilines is 1. The van der Waals surface area contributed by atoms with Gasteiger partial charge in [-0.1, -0.05) is 49.0 Å². The molecule has 2 heterocycles. The van der Waals surface area contributed by atoms with Crippen LogP contribution in [0.5, 0.6) is 0 Å². The van der Waals surface area contributed by atoms with Crippen LogP contribution in [0.2, 0.25) is 0 Å². The number of fused-ring (bicyclic) bond motifs is 1. The minimum Gasteiger partial charge on any atom is -0.311 e. The van der Waals surface area contributed by atoms with Crippen LogP contribution < -0.4 is 4.90 Å². The molecular formula is C22H24N4OS2. The van der Waals surface area contributed by atoms with E-state index in [0.29, 0.717) is 11.0 Å². The van der Waals surface area contributed by atoms with E-state index < -0.39 is 0 Å². The van der Waals surface area contributed by atoms with E-state index in [9.17, 15) is 4.79 Å². The molecule has 0 bridgehead atoms. The molecule has 5 nitrogen and oxygen atoms in total. The second-order valence-electron chi connectivity index (χ2n) is 7.17. The summed E-state index contributed by atoms with van der Waals surface area (Å²) in [5.74, 6) is 1.26. The zero-order chi connectivity index (χ0) is 20.4. The number of hydrogen-bond acceptors (Lipinski definition) is 5. The molecule has 0 N–H and O–H groups in total. The van der Waals surface area contributed by atoms with Crippen LogP contribution in [0.15, 0.2) is 58.6 Å². The Morgan fingerprint density at radius 2 is 1.83 bits per heavy atom. The van der Waals surface area contributed by atoms with Crippen LogP contribution in [-0.2, 0) is 4.79 Å². The van der Waals surface area contributed by atoms with Gasteiger partial charge in [-0.05, 0) is 44.0 Å². The SMILES string of the molecule is Cc1ccccc1-n1c(C)nnc1SCC(=O)N1CCC(C)Sc2ccccc21. The van der Waals surface area contributed by atoms with E-state index in [2.05, 4.69) is 42.2 Å². The van der Waals surface area contributed by atoms with E-state index in [1.807, 2.05) is 58.5 Å². The highest BCUT2D eigenvalue weighted by Gasteiger charge is 2.25. The molecule has 150 valence electrons. The van der Waals surface area contributed by atoms with Gasteiger partial charge in [0.2, 0.25) is 5.91 Å². The highest BCUT2D eigenvalue weighted by Crippen LogP contribution is 2.37. The Labute approximate surface area is 179 Å². The number of rotatable bonds is 4. The second-order valence-corrected chi connectivity index (χ2v) is 9.59. The van der Waals surface area contributed by atoms with Gasteiger partial charge in [0.05, 0.1) is 17.1 Å². The third-order valence-electron chi connectivity index (χ3n) is 5.02. The maximum Gasteiger partial charge on any atom is 0.237 e. The predicted octanol–water partition coefficient (Wildman–Crippen LogP) is 4.89. The lowest BCUT2D eigenvalue weighted by molar-refractivity contribution is -0.116. The number of aromatic nitrogens is 3. The molecule has 0 aliphatic carbocycles. The third kappa shape index (κ3) is 4.21. The van der Waals surface area contributed by atoms with Gasteiger partial charge in [-0.3, -0.25) is 9.36 Å². The number of nitrogens with zero attached hydrogens (tertiary/aromatic N) is 4. The van der Waals surface area contributed by atoms with Crippen LogP contribution in [0.25, 0.3) is 5.69 Å². The van der Waals surface area contributed by atoms with Crippen LogP contribution in [0.1, 0.15) is 24.7 Å². The molecule has 1 atom stereocenters. The molecule has 0 saturated carbocycles. The van der Waals surface area contributed by atoms with Crippen molar-refractivity contribution in [1.82, 2.24) is 14.8 Å². The number of thioether (sulfide) groups is 2. The quantitative estimate of drug-likeness (QED) is 0.558. The molecule has 1 unspecified atom stereocenters. The Morgan fingerprint density at radius 3 is 2.62 bits per heavy atom. The van der Waals surface area contributed by atoms with Crippen molar-refractivity contribution in [1.29, 1.82) is 0 Å². The number of aryl methyl sites for hydroxylation is 2. The fourth-order valence-electron chi connectivity index (χ4n) is 3.48. The Balaban J connectivity index is 1.55. The topological polar surface area (TPSA) is 51.0 Å². The van der Waals surface area contributed by atoms with Gasteiger partial charge in [0, 0.05) is 16.7 Å². The molecule has 0 radical (unpaired) electrons. The summed E-state index contributed by atoms with van der Waals surface area (Å²) in [6, 6.07) is 16.3. The van der Waals surface area contributed by atoms with Crippen LogP contribution >= 0.6 is 23.5 Å². The number of carbonyl (C=O) groups excluding carboxylic acids is 1. The van der Waals surface area contributed by atoms with Gasteiger partial charge in [-0.25, -0.2) is 0 Å². The van der Waals surface area contributed by atoms with Crippen molar-refractivity contribution in [2.45, 2.75) is 42.5 Å². The number of benzene rings is 2. The molecule has 1 amide bonds. The Morgan fingerprint density at radius 1 is 1.10 bits per heavy atom. The average molecular weight is 425 g/mol. The van der Waals surface area contributed by atoms with Crippen LogP contribution in [-0.4, -0.2) is 38.2 Å². The van der Waals surface area contributed by atoms with Crippen molar-refractivity contribution in [3.05, 3.63) is 59.9 Å². The molecule has 1 aliphatic rings. The lowest BCUT2D eigenvalue weighted by Crippen LogP contribution is -2.33. The van der Waals surface area contributed by atoms with Crippen molar-refractivity contribution < 1.29 is 4.79 Å². The zero-order valence-electron chi connectivity index (χ0n) is 16.8. The van der Waals surface area contributed by atoms with Gasteiger partial charge >= 0.3 is 0 Å². The molecule has 1 aromatic heterocycles. The minimum absolute atomic E-state index is 0.106. The predicted molar refractivity (Wildman–Crippen MR) is 120 cm³/mol. The maximum atomic E-state index is 13.2. The van der Waals surface area contributed by atoms with Crippen molar-refractivity contribution in [3.63, 3.8) is 0 Å². The summed E-state index contributed by atoms with van der Waals surface area (Å²) in [5.41, 5.74) is 3.22. The van der Waals surface area contributed by atoms with Crippen LogP contribution in [0, 0.1) is 13.8 Å². The van der Waals surface area contributed by atoms with Gasteiger partial charge in [0.1, 0.15) is 5.82 Å². The summed E-state index contributed by atoms with van der Waals surface area (Å²) in [7, 11) is 0. The average Bonchev–Trinajstić information content (AvgIpc) is 2.98. The summed E-state index contributed by atoms with van der Waals surface area (Å²) in [5, 5.41) is 9.82. The number of carbonyl (C=O) groups is 1. The third-order valence-corrected chi connectivity index (χ3v) is 7.17. The number of amides is 1. The van der Waals surface area contributed by atoms with Gasteiger partial charge < -0.3 is 4.90 Å². The van der Waals surface area contributed by atoms with E-state index in [-0.39, 0.29) is 5.91 Å². The lowest BCUT2D eigenvalue weighted by atomic mass is 10.2. The van der Waals surface area contributed by atoms with Gasteiger partial charge in [-0.15, -0.1) is 22.0 Å². The van der Waals surface area contributed by atoms with Gasteiger partial charge in [-0.2, -0.15) is 0 Å². The van der Waals surface area contributed by atoms with Crippen LogP contribution in [0.3, 0.4) is 0 Å². The van der Waals surface area contributed by atoms with Gasteiger partial charge in [0.15, 0.2) is 5.16 Å². The van der Waals surface area contributed by atoms with E-state index >= 15 is 0 Å². The summed E-state index contributed by atoms with van der Waals surface area (Å²) in [6.07, 6.45) is 0.980. The molecule has 2 aromatic carbocycles. The summed E-state index contributed by atoms with van der Waals surface area (Å²) >= 11 is 3.29. The van der Waals surface area contributed by atoms with Crippen LogP contribution in [0.4, 0.5) is 5.69 Å². The summed E-state index contributed by atoms with van der Waals surface area (Å²) < 4.78 is 2.03. The molecule has 1 aliphatic heterocycles. The molecule has 0 saturated heterocycles.